The number of esters is 1. The quantitative estimate of drug-likeness (QED) is 0.413. The van der Waals surface area contributed by atoms with Crippen molar-refractivity contribution in [3.05, 3.63) is 76.3 Å². The second-order valence-corrected chi connectivity index (χ2v) is 5.01. The molecule has 0 saturated carbocycles. The van der Waals surface area contributed by atoms with Crippen LogP contribution in [0.5, 0.6) is 0 Å². The van der Waals surface area contributed by atoms with Crippen LogP contribution in [0.15, 0.2) is 60.7 Å². The predicted molar refractivity (Wildman–Crippen MR) is 87.4 cm³/mol. The van der Waals surface area contributed by atoms with E-state index in [-0.39, 0.29) is 5.69 Å². The molecule has 0 aliphatic carbocycles. The first-order valence-electron chi connectivity index (χ1n) is 6.96. The van der Waals surface area contributed by atoms with E-state index in [0.29, 0.717) is 11.1 Å². The Labute approximate surface area is 132 Å². The molecular weight excluding hydrogens is 294 g/mol. The summed E-state index contributed by atoms with van der Waals surface area (Å²) >= 11 is 0. The van der Waals surface area contributed by atoms with E-state index in [1.54, 1.807) is 0 Å². The van der Waals surface area contributed by atoms with Crippen LogP contribution in [0, 0.1) is 10.1 Å². The molecule has 0 N–H and O–H groups in total. The van der Waals surface area contributed by atoms with E-state index < -0.39 is 10.9 Å². The van der Waals surface area contributed by atoms with E-state index in [1.165, 1.54) is 25.3 Å². The molecule has 3 aromatic carbocycles. The first kappa shape index (κ1) is 14.7. The molecule has 3 aromatic rings. The minimum Gasteiger partial charge on any atom is -0.465 e. The molecule has 0 aromatic heterocycles. The molecule has 114 valence electrons. The summed E-state index contributed by atoms with van der Waals surface area (Å²) in [5, 5.41) is 13.0. The molecule has 3 rings (SSSR count). The Morgan fingerprint density at radius 3 is 2.48 bits per heavy atom. The minimum absolute atomic E-state index is 0.0689. The van der Waals surface area contributed by atoms with Gasteiger partial charge in [0.2, 0.25) is 0 Å². The number of nitrogens with zero attached hydrogens (tertiary/aromatic N) is 1. The number of hydrogen-bond donors (Lipinski definition) is 0. The van der Waals surface area contributed by atoms with Gasteiger partial charge < -0.3 is 4.74 Å². The highest BCUT2D eigenvalue weighted by molar-refractivity contribution is 6.04. The lowest BCUT2D eigenvalue weighted by atomic mass is 9.94. The van der Waals surface area contributed by atoms with Crippen LogP contribution in [0.1, 0.15) is 10.4 Å². The van der Waals surface area contributed by atoms with Gasteiger partial charge in [0.25, 0.3) is 5.69 Å². The second kappa shape index (κ2) is 5.88. The fourth-order valence-electron chi connectivity index (χ4n) is 2.62. The highest BCUT2D eigenvalue weighted by atomic mass is 16.6. The fraction of sp³-hybridized carbons (Fsp3) is 0.0556. The largest absolute Gasteiger partial charge is 0.465 e. The summed E-state index contributed by atoms with van der Waals surface area (Å²) in [6, 6.07) is 17.5. The number of rotatable bonds is 3. The van der Waals surface area contributed by atoms with Gasteiger partial charge in [-0.1, -0.05) is 42.5 Å². The summed E-state index contributed by atoms with van der Waals surface area (Å²) in [5.74, 6) is -0.525. The third kappa shape index (κ3) is 2.64. The van der Waals surface area contributed by atoms with Gasteiger partial charge in [0.15, 0.2) is 0 Å². The van der Waals surface area contributed by atoms with Crippen molar-refractivity contribution in [1.82, 2.24) is 0 Å². The van der Waals surface area contributed by atoms with Gasteiger partial charge in [-0.05, 0) is 22.4 Å². The molecular formula is C18H13NO4. The molecule has 0 aliphatic rings. The average molecular weight is 307 g/mol. The summed E-state index contributed by atoms with van der Waals surface area (Å²) < 4.78 is 4.80. The molecule has 0 saturated heterocycles. The van der Waals surface area contributed by atoms with Gasteiger partial charge in [-0.2, -0.15) is 0 Å². The van der Waals surface area contributed by atoms with Gasteiger partial charge in [-0.3, -0.25) is 10.1 Å². The van der Waals surface area contributed by atoms with E-state index in [9.17, 15) is 14.9 Å². The van der Waals surface area contributed by atoms with Crippen molar-refractivity contribution in [2.45, 2.75) is 0 Å². The van der Waals surface area contributed by atoms with Crippen molar-refractivity contribution in [2.75, 3.05) is 7.11 Å². The third-order valence-corrected chi connectivity index (χ3v) is 3.70. The van der Waals surface area contributed by atoms with Crippen molar-refractivity contribution in [1.29, 1.82) is 0 Å². The standard InChI is InChI=1S/C18H13NO4/c1-23-18(20)16-10-9-13(19(21)22)11-17(16)15-8-4-6-12-5-2-3-7-14(12)15/h2-11H,1H3. The van der Waals surface area contributed by atoms with Crippen LogP contribution in [0.2, 0.25) is 0 Å². The maximum absolute atomic E-state index is 12.0. The second-order valence-electron chi connectivity index (χ2n) is 5.01. The lowest BCUT2D eigenvalue weighted by Crippen LogP contribution is -2.04. The normalized spacial score (nSPS) is 10.5. The molecule has 0 heterocycles. The number of carbonyl (C=O) groups is 1. The molecule has 0 bridgehead atoms. The van der Waals surface area contributed by atoms with Crippen molar-refractivity contribution < 1.29 is 14.5 Å². The molecule has 0 atom stereocenters. The first-order chi connectivity index (χ1) is 11.1. The molecule has 5 heteroatoms. The Bertz CT molecular complexity index is 913. The number of fused-ring (bicyclic) bond motifs is 1. The number of carbonyl (C=O) groups excluding carboxylic acids is 1. The summed E-state index contributed by atoms with van der Waals surface area (Å²) in [5.41, 5.74) is 1.48. The van der Waals surface area contributed by atoms with E-state index in [2.05, 4.69) is 0 Å². The van der Waals surface area contributed by atoms with Crippen molar-refractivity contribution in [2.24, 2.45) is 0 Å². The topological polar surface area (TPSA) is 69.4 Å². The number of nitro benzene ring substituents is 1. The molecule has 23 heavy (non-hydrogen) atoms. The number of benzene rings is 3. The average Bonchev–Trinajstić information content (AvgIpc) is 2.60. The lowest BCUT2D eigenvalue weighted by Gasteiger charge is -2.11. The molecule has 0 amide bonds. The zero-order valence-corrected chi connectivity index (χ0v) is 12.4. The van der Waals surface area contributed by atoms with E-state index in [0.717, 1.165) is 16.3 Å². The highest BCUT2D eigenvalue weighted by Crippen LogP contribution is 2.33. The number of nitro groups is 1. The smallest absolute Gasteiger partial charge is 0.338 e. The zero-order chi connectivity index (χ0) is 16.4. The SMILES string of the molecule is COC(=O)c1ccc([N+](=O)[O-])cc1-c1cccc2ccccc12. The number of ether oxygens (including phenoxy) is 1. The van der Waals surface area contributed by atoms with Crippen LogP contribution in [-0.4, -0.2) is 18.0 Å². The lowest BCUT2D eigenvalue weighted by molar-refractivity contribution is -0.384. The Morgan fingerprint density at radius 2 is 1.74 bits per heavy atom. The molecule has 0 fully saturated rings. The van der Waals surface area contributed by atoms with Gasteiger partial charge in [0.1, 0.15) is 0 Å². The van der Waals surface area contributed by atoms with E-state index in [1.807, 2.05) is 42.5 Å². The summed E-state index contributed by atoms with van der Waals surface area (Å²) in [6.07, 6.45) is 0. The summed E-state index contributed by atoms with van der Waals surface area (Å²) in [6.45, 7) is 0. The van der Waals surface area contributed by atoms with Gasteiger partial charge in [-0.15, -0.1) is 0 Å². The van der Waals surface area contributed by atoms with Crippen LogP contribution in [0.3, 0.4) is 0 Å². The Kier molecular flexibility index (Phi) is 3.76. The van der Waals surface area contributed by atoms with Crippen LogP contribution >= 0.6 is 0 Å². The summed E-state index contributed by atoms with van der Waals surface area (Å²) in [4.78, 5) is 22.6. The summed E-state index contributed by atoms with van der Waals surface area (Å²) in [7, 11) is 1.29. The monoisotopic (exact) mass is 307 g/mol. The minimum atomic E-state index is -0.525. The van der Waals surface area contributed by atoms with Gasteiger partial charge >= 0.3 is 5.97 Å². The number of methoxy groups -OCH3 is 1. The predicted octanol–water partition coefficient (Wildman–Crippen LogP) is 4.20. The van der Waals surface area contributed by atoms with Gasteiger partial charge in [-0.25, -0.2) is 4.79 Å². The Hall–Kier alpha value is -3.21. The van der Waals surface area contributed by atoms with Crippen molar-refractivity contribution in [3.63, 3.8) is 0 Å². The molecule has 0 aliphatic heterocycles. The first-order valence-corrected chi connectivity index (χ1v) is 6.96. The molecule has 0 radical (unpaired) electrons. The van der Waals surface area contributed by atoms with Crippen LogP contribution in [-0.2, 0) is 4.74 Å². The Balaban J connectivity index is 2.33. The maximum atomic E-state index is 12.0. The van der Waals surface area contributed by atoms with Crippen LogP contribution < -0.4 is 0 Å². The van der Waals surface area contributed by atoms with E-state index >= 15 is 0 Å². The van der Waals surface area contributed by atoms with Crippen molar-refractivity contribution >= 4 is 22.4 Å². The van der Waals surface area contributed by atoms with Crippen LogP contribution in [0.4, 0.5) is 5.69 Å². The molecule has 0 unspecified atom stereocenters. The number of non-ortho nitro benzene ring substituents is 1. The van der Waals surface area contributed by atoms with E-state index in [4.69, 9.17) is 4.74 Å². The third-order valence-electron chi connectivity index (χ3n) is 3.70. The zero-order valence-electron chi connectivity index (χ0n) is 12.4. The molecule has 5 nitrogen and oxygen atoms in total. The molecule has 0 spiro atoms. The van der Waals surface area contributed by atoms with Gasteiger partial charge in [0, 0.05) is 17.7 Å². The Morgan fingerprint density at radius 1 is 1.00 bits per heavy atom. The van der Waals surface area contributed by atoms with Crippen molar-refractivity contribution in [3.8, 4) is 11.1 Å². The fourth-order valence-corrected chi connectivity index (χ4v) is 2.62. The number of hydrogen-bond acceptors (Lipinski definition) is 4. The van der Waals surface area contributed by atoms with Gasteiger partial charge in [0.05, 0.1) is 17.6 Å². The maximum Gasteiger partial charge on any atom is 0.338 e. The highest BCUT2D eigenvalue weighted by Gasteiger charge is 2.19. The van der Waals surface area contributed by atoms with Crippen LogP contribution in [0.25, 0.3) is 21.9 Å².